The minimum Gasteiger partial charge on any atom is -0.409 e. The van der Waals surface area contributed by atoms with Crippen LogP contribution in [-0.2, 0) is 12.7 Å². The monoisotopic (exact) mass is 486 g/mol. The van der Waals surface area contributed by atoms with E-state index in [-0.39, 0.29) is 17.0 Å². The fraction of sp³-hybridized carbons (Fsp3) is 0.304. The molecule has 0 unspecified atom stereocenters. The number of piperazine rings is 1. The smallest absolute Gasteiger partial charge is 0.409 e. The third-order valence-corrected chi connectivity index (χ3v) is 6.19. The summed E-state index contributed by atoms with van der Waals surface area (Å²) < 4.78 is 43.5. The second kappa shape index (κ2) is 8.69. The van der Waals surface area contributed by atoms with Crippen LogP contribution in [0.15, 0.2) is 56.7 Å². The lowest BCUT2D eigenvalue weighted by Crippen LogP contribution is -2.51. The van der Waals surface area contributed by atoms with Crippen molar-refractivity contribution in [3.05, 3.63) is 74.8 Å². The van der Waals surface area contributed by atoms with E-state index < -0.39 is 23.1 Å². The number of alkyl halides is 3. The average Bonchev–Trinajstić information content (AvgIpc) is 3.28. The number of aromatic amines is 2. The van der Waals surface area contributed by atoms with E-state index >= 15 is 0 Å². The molecule has 0 radical (unpaired) electrons. The van der Waals surface area contributed by atoms with Gasteiger partial charge < -0.3 is 9.32 Å². The molecule has 1 fully saturated rings. The fourth-order valence-corrected chi connectivity index (χ4v) is 4.32. The Kier molecular flexibility index (Phi) is 5.67. The summed E-state index contributed by atoms with van der Waals surface area (Å²) in [5.41, 5.74) is 1.30. The molecular formula is C23H21F3N6O3. The normalized spacial score (nSPS) is 17.3. The molecule has 0 aliphatic carbocycles. The largest absolute Gasteiger partial charge is 0.419 e. The topological polar surface area (TPSA) is 111 Å². The van der Waals surface area contributed by atoms with Crippen molar-refractivity contribution in [3.63, 3.8) is 0 Å². The van der Waals surface area contributed by atoms with Gasteiger partial charge in [0.1, 0.15) is 11.4 Å². The molecule has 1 atom stereocenters. The minimum atomic E-state index is -4.41. The second-order valence-electron chi connectivity index (χ2n) is 8.49. The molecule has 5 rings (SSSR count). The number of hydrogen-bond donors (Lipinski definition) is 2. The molecule has 1 aromatic carbocycles. The lowest BCUT2D eigenvalue weighted by Gasteiger charge is -2.40. The van der Waals surface area contributed by atoms with E-state index in [0.29, 0.717) is 32.0 Å². The summed E-state index contributed by atoms with van der Waals surface area (Å²) in [7, 11) is 0. The van der Waals surface area contributed by atoms with Crippen molar-refractivity contribution < 1.29 is 17.6 Å². The Balaban J connectivity index is 1.31. The number of nitrogens with one attached hydrogen (secondary N) is 2. The molecule has 0 spiro atoms. The Morgan fingerprint density at radius 1 is 1.14 bits per heavy atom. The average molecular weight is 486 g/mol. The predicted molar refractivity (Wildman–Crippen MR) is 122 cm³/mol. The Labute approximate surface area is 196 Å². The van der Waals surface area contributed by atoms with Gasteiger partial charge in [-0.2, -0.15) is 18.3 Å². The zero-order chi connectivity index (χ0) is 24.7. The standard InChI is InChI=1S/C23H21F3N6O3/c1-13-11-32(19-5-3-16(10-27-19)23(24,25)26)7-6-31(13)12-15-9-28-30-20(15)14-2-4-18-17(8-14)21(33)29-22(34)35-18/h2-5,8-10,13H,6-7,11-12H2,1H3,(H,28,30)(H,29,33,34)/t13-/m1/s1. The van der Waals surface area contributed by atoms with Crippen molar-refractivity contribution in [2.75, 3.05) is 24.5 Å². The highest BCUT2D eigenvalue weighted by atomic mass is 19.4. The minimum absolute atomic E-state index is 0.101. The lowest BCUT2D eigenvalue weighted by molar-refractivity contribution is -0.137. The molecule has 2 N–H and O–H groups in total. The Bertz CT molecular complexity index is 1470. The van der Waals surface area contributed by atoms with E-state index in [1.54, 1.807) is 24.4 Å². The first-order valence-electron chi connectivity index (χ1n) is 10.9. The van der Waals surface area contributed by atoms with Crippen LogP contribution in [0.25, 0.3) is 22.2 Å². The first kappa shape index (κ1) is 22.8. The van der Waals surface area contributed by atoms with Crippen molar-refractivity contribution in [2.45, 2.75) is 25.7 Å². The van der Waals surface area contributed by atoms with Gasteiger partial charge in [0.15, 0.2) is 0 Å². The van der Waals surface area contributed by atoms with Gasteiger partial charge in [0.05, 0.1) is 22.8 Å². The number of aromatic nitrogens is 4. The SMILES string of the molecule is C[C@@H]1CN(c2ccc(C(F)(F)F)cn2)CCN1Cc1cn[nH]c1-c1ccc2oc(=O)[nH]c(=O)c2c1. The van der Waals surface area contributed by atoms with E-state index in [0.717, 1.165) is 29.1 Å². The van der Waals surface area contributed by atoms with Crippen LogP contribution in [0.3, 0.4) is 0 Å². The zero-order valence-electron chi connectivity index (χ0n) is 18.6. The number of halogens is 3. The number of nitrogens with zero attached hydrogens (tertiary/aromatic N) is 4. The molecule has 0 bridgehead atoms. The number of anilines is 1. The summed E-state index contributed by atoms with van der Waals surface area (Å²) in [5.74, 6) is -0.293. The summed E-state index contributed by atoms with van der Waals surface area (Å²) in [6.07, 6.45) is -1.82. The number of hydrogen-bond acceptors (Lipinski definition) is 7. The van der Waals surface area contributed by atoms with Crippen molar-refractivity contribution in [1.82, 2.24) is 25.1 Å². The van der Waals surface area contributed by atoms with Gasteiger partial charge in [-0.15, -0.1) is 0 Å². The Hall–Kier alpha value is -3.93. The summed E-state index contributed by atoms with van der Waals surface area (Å²) in [6, 6.07) is 7.53. The van der Waals surface area contributed by atoms with Gasteiger partial charge >= 0.3 is 11.9 Å². The molecule has 35 heavy (non-hydrogen) atoms. The molecule has 0 saturated carbocycles. The van der Waals surface area contributed by atoms with E-state index in [1.165, 1.54) is 6.07 Å². The number of benzene rings is 1. The predicted octanol–water partition coefficient (Wildman–Crippen LogP) is 3.00. The molecule has 12 heteroatoms. The number of rotatable bonds is 4. The molecule has 0 amide bonds. The maximum atomic E-state index is 12.8. The molecule has 182 valence electrons. The van der Waals surface area contributed by atoms with E-state index in [1.807, 2.05) is 11.8 Å². The van der Waals surface area contributed by atoms with E-state index in [2.05, 4.69) is 25.1 Å². The highest BCUT2D eigenvalue weighted by Gasteiger charge is 2.31. The fourth-order valence-electron chi connectivity index (χ4n) is 4.32. The van der Waals surface area contributed by atoms with Gasteiger partial charge in [0.25, 0.3) is 5.56 Å². The number of H-pyrrole nitrogens is 2. The van der Waals surface area contributed by atoms with Crippen LogP contribution in [0.4, 0.5) is 19.0 Å². The first-order chi connectivity index (χ1) is 16.7. The molecule has 4 heterocycles. The highest BCUT2D eigenvalue weighted by Crippen LogP contribution is 2.30. The maximum Gasteiger partial charge on any atom is 0.419 e. The Morgan fingerprint density at radius 3 is 2.69 bits per heavy atom. The summed E-state index contributed by atoms with van der Waals surface area (Å²) in [5, 5.41) is 7.41. The molecule has 1 saturated heterocycles. The van der Waals surface area contributed by atoms with Gasteiger partial charge in [-0.1, -0.05) is 0 Å². The quantitative estimate of drug-likeness (QED) is 0.456. The maximum absolute atomic E-state index is 12.8. The molecular weight excluding hydrogens is 465 g/mol. The van der Waals surface area contributed by atoms with Crippen molar-refractivity contribution in [3.8, 4) is 11.3 Å². The van der Waals surface area contributed by atoms with Crippen LogP contribution in [0.1, 0.15) is 18.1 Å². The highest BCUT2D eigenvalue weighted by molar-refractivity contribution is 5.82. The third kappa shape index (κ3) is 4.56. The van der Waals surface area contributed by atoms with Gasteiger partial charge in [-0.05, 0) is 37.3 Å². The summed E-state index contributed by atoms with van der Waals surface area (Å²) in [6.45, 7) is 4.53. The van der Waals surface area contributed by atoms with Crippen molar-refractivity contribution in [2.24, 2.45) is 0 Å². The van der Waals surface area contributed by atoms with E-state index in [4.69, 9.17) is 4.42 Å². The van der Waals surface area contributed by atoms with Crippen molar-refractivity contribution in [1.29, 1.82) is 0 Å². The molecule has 9 nitrogen and oxygen atoms in total. The van der Waals surface area contributed by atoms with Crippen LogP contribution in [0, 0.1) is 0 Å². The van der Waals surface area contributed by atoms with Crippen molar-refractivity contribution >= 4 is 16.8 Å². The van der Waals surface area contributed by atoms with Gasteiger partial charge in [-0.25, -0.2) is 9.78 Å². The molecule has 3 aromatic heterocycles. The molecule has 1 aliphatic heterocycles. The van der Waals surface area contributed by atoms with Crippen LogP contribution < -0.4 is 16.2 Å². The second-order valence-corrected chi connectivity index (χ2v) is 8.49. The van der Waals surface area contributed by atoms with Crippen LogP contribution in [0.2, 0.25) is 0 Å². The van der Waals surface area contributed by atoms with Gasteiger partial charge in [-0.3, -0.25) is 19.8 Å². The molecule has 1 aliphatic rings. The van der Waals surface area contributed by atoms with Crippen LogP contribution in [-0.4, -0.2) is 50.7 Å². The van der Waals surface area contributed by atoms with Gasteiger partial charge in [0, 0.05) is 49.5 Å². The van der Waals surface area contributed by atoms with Gasteiger partial charge in [0.2, 0.25) is 0 Å². The Morgan fingerprint density at radius 2 is 1.97 bits per heavy atom. The van der Waals surface area contributed by atoms with Crippen LogP contribution >= 0.6 is 0 Å². The third-order valence-electron chi connectivity index (χ3n) is 6.19. The van der Waals surface area contributed by atoms with E-state index in [9.17, 15) is 22.8 Å². The molecule has 4 aromatic rings. The zero-order valence-corrected chi connectivity index (χ0v) is 18.6. The summed E-state index contributed by atoms with van der Waals surface area (Å²) in [4.78, 5) is 33.9. The number of pyridine rings is 1. The number of fused-ring (bicyclic) bond motifs is 1. The van der Waals surface area contributed by atoms with Crippen LogP contribution in [0.5, 0.6) is 0 Å². The lowest BCUT2D eigenvalue weighted by atomic mass is 10.0. The first-order valence-corrected chi connectivity index (χ1v) is 10.9. The summed E-state index contributed by atoms with van der Waals surface area (Å²) >= 11 is 0.